The zero-order chi connectivity index (χ0) is 17.8. The number of carbonyl (C=O) groups is 1. The smallest absolute Gasteiger partial charge is 0.409 e. The van der Waals surface area contributed by atoms with E-state index < -0.39 is 10.9 Å². The first-order chi connectivity index (χ1) is 12.1. The fourth-order valence-electron chi connectivity index (χ4n) is 2.87. The lowest BCUT2D eigenvalue weighted by Gasteiger charge is -2.36. The average Bonchev–Trinajstić information content (AvgIpc) is 2.65. The molecular formula is C17H20N4O4. The number of hydrogen-bond acceptors (Lipinski definition) is 7. The number of carbonyl (C=O) groups excluding carboxylic acids is 1. The monoisotopic (exact) mass is 344 g/mol. The third kappa shape index (κ3) is 3.47. The molecule has 1 aromatic carbocycles. The predicted molar refractivity (Wildman–Crippen MR) is 93.7 cm³/mol. The van der Waals surface area contributed by atoms with Crippen molar-refractivity contribution in [2.75, 3.05) is 43.0 Å². The summed E-state index contributed by atoms with van der Waals surface area (Å²) < 4.78 is 4.98. The molecule has 0 atom stereocenters. The van der Waals surface area contributed by atoms with Crippen LogP contribution >= 0.6 is 0 Å². The molecule has 25 heavy (non-hydrogen) atoms. The van der Waals surface area contributed by atoms with Gasteiger partial charge in [-0.2, -0.15) is 0 Å². The summed E-state index contributed by atoms with van der Waals surface area (Å²) in [6, 6.07) is 3.71. The summed E-state index contributed by atoms with van der Waals surface area (Å²) in [5.74, 6) is 0. The van der Waals surface area contributed by atoms with E-state index in [1.54, 1.807) is 24.2 Å². The van der Waals surface area contributed by atoms with Gasteiger partial charge in [-0.1, -0.05) is 6.07 Å². The Bertz CT molecular complexity index is 806. The van der Waals surface area contributed by atoms with Crippen LogP contribution in [-0.2, 0) is 11.3 Å². The van der Waals surface area contributed by atoms with Crippen LogP contribution in [0, 0.1) is 0 Å². The molecule has 1 saturated heterocycles. The van der Waals surface area contributed by atoms with E-state index in [4.69, 9.17) is 4.74 Å². The zero-order valence-corrected chi connectivity index (χ0v) is 14.0. The van der Waals surface area contributed by atoms with Gasteiger partial charge in [-0.05, 0) is 18.6 Å². The van der Waals surface area contributed by atoms with Gasteiger partial charge in [0.2, 0.25) is 0 Å². The van der Waals surface area contributed by atoms with Gasteiger partial charge in [0.1, 0.15) is 11.4 Å². The zero-order valence-electron chi connectivity index (χ0n) is 14.0. The minimum Gasteiger partial charge on any atom is -0.450 e. The molecule has 0 spiro atoms. The highest BCUT2D eigenvalue weighted by Crippen LogP contribution is 2.22. The van der Waals surface area contributed by atoms with Crippen LogP contribution in [0.1, 0.15) is 12.5 Å². The summed E-state index contributed by atoms with van der Waals surface area (Å²) in [6.45, 7) is 4.42. The largest absolute Gasteiger partial charge is 0.450 e. The lowest BCUT2D eigenvalue weighted by molar-refractivity contribution is 0.105. The molecule has 1 aromatic heterocycles. The quantitative estimate of drug-likeness (QED) is 0.793. The van der Waals surface area contributed by atoms with E-state index in [-0.39, 0.29) is 6.09 Å². The van der Waals surface area contributed by atoms with Crippen LogP contribution in [0.2, 0.25) is 0 Å². The molecule has 1 fully saturated rings. The average molecular weight is 344 g/mol. The van der Waals surface area contributed by atoms with E-state index in [0.717, 1.165) is 5.56 Å². The van der Waals surface area contributed by atoms with Crippen LogP contribution in [0.25, 0.3) is 0 Å². The summed E-state index contributed by atoms with van der Waals surface area (Å²) in [5, 5.41) is 3.04. The van der Waals surface area contributed by atoms with Crippen LogP contribution < -0.4 is 21.1 Å². The Kier molecular flexibility index (Phi) is 4.97. The Balaban J connectivity index is 1.64. The van der Waals surface area contributed by atoms with Gasteiger partial charge in [0.25, 0.3) is 10.9 Å². The maximum atomic E-state index is 12.0. The summed E-state index contributed by atoms with van der Waals surface area (Å²) >= 11 is 0. The van der Waals surface area contributed by atoms with Crippen molar-refractivity contribution in [3.05, 3.63) is 50.5 Å². The third-order valence-electron chi connectivity index (χ3n) is 4.20. The van der Waals surface area contributed by atoms with Gasteiger partial charge in [-0.3, -0.25) is 14.6 Å². The lowest BCUT2D eigenvalue weighted by atomic mass is 10.1. The number of pyridine rings is 1. The van der Waals surface area contributed by atoms with E-state index >= 15 is 0 Å². The minimum atomic E-state index is -0.494. The van der Waals surface area contributed by atoms with Crippen molar-refractivity contribution in [3.63, 3.8) is 0 Å². The molecule has 3 rings (SSSR count). The van der Waals surface area contributed by atoms with Crippen molar-refractivity contribution in [2.24, 2.45) is 0 Å². The van der Waals surface area contributed by atoms with Crippen LogP contribution in [0.5, 0.6) is 0 Å². The first-order valence-electron chi connectivity index (χ1n) is 8.24. The Labute approximate surface area is 144 Å². The first-order valence-corrected chi connectivity index (χ1v) is 8.24. The minimum absolute atomic E-state index is 0.333. The standard InChI is InChI=1S/C17H20N4O4/c1-2-25-17(24)21-8-6-20(7-9-21)14-13(15(22)16(14)23)19-11-12-4-3-5-18-10-12/h3-5,10,19H,2,6-9,11H2,1H3. The van der Waals surface area contributed by atoms with Crippen molar-refractivity contribution in [1.29, 1.82) is 0 Å². The molecule has 2 aromatic rings. The van der Waals surface area contributed by atoms with Crippen LogP contribution in [0.15, 0.2) is 34.1 Å². The van der Waals surface area contributed by atoms with Gasteiger partial charge in [0, 0.05) is 45.1 Å². The maximum Gasteiger partial charge on any atom is 0.409 e. The molecule has 2 heterocycles. The van der Waals surface area contributed by atoms with Crippen molar-refractivity contribution in [2.45, 2.75) is 13.5 Å². The van der Waals surface area contributed by atoms with Crippen molar-refractivity contribution >= 4 is 17.5 Å². The van der Waals surface area contributed by atoms with Gasteiger partial charge >= 0.3 is 6.09 Å². The predicted octanol–water partition coefficient (Wildman–Crippen LogP) is 0.568. The second-order valence-corrected chi connectivity index (χ2v) is 5.77. The SMILES string of the molecule is CCOC(=O)N1CCN(c2c(NCc3cccnc3)c(=O)c2=O)CC1. The number of piperazine rings is 1. The molecule has 1 N–H and O–H groups in total. The molecule has 0 saturated carbocycles. The van der Waals surface area contributed by atoms with Crippen LogP contribution in [-0.4, -0.2) is 48.8 Å². The number of ether oxygens (including phenoxy) is 1. The van der Waals surface area contributed by atoms with Gasteiger partial charge in [0.05, 0.1) is 6.61 Å². The third-order valence-corrected chi connectivity index (χ3v) is 4.20. The second-order valence-electron chi connectivity index (χ2n) is 5.77. The van der Waals surface area contributed by atoms with Gasteiger partial charge in [-0.15, -0.1) is 0 Å². The highest BCUT2D eigenvalue weighted by Gasteiger charge is 2.29. The van der Waals surface area contributed by atoms with Crippen molar-refractivity contribution < 1.29 is 9.53 Å². The summed E-state index contributed by atoms with van der Waals surface area (Å²) in [6.07, 6.45) is 3.04. The Morgan fingerprint density at radius 1 is 1.24 bits per heavy atom. The summed E-state index contributed by atoms with van der Waals surface area (Å²) in [7, 11) is 0. The van der Waals surface area contributed by atoms with Crippen LogP contribution in [0.4, 0.5) is 16.2 Å². The van der Waals surface area contributed by atoms with Gasteiger partial charge in [-0.25, -0.2) is 4.79 Å². The van der Waals surface area contributed by atoms with Crippen LogP contribution in [0.3, 0.4) is 0 Å². The number of hydrogen-bond donors (Lipinski definition) is 1. The number of nitrogens with zero attached hydrogens (tertiary/aromatic N) is 3. The fourth-order valence-corrected chi connectivity index (χ4v) is 2.87. The molecule has 0 bridgehead atoms. The van der Waals surface area contributed by atoms with E-state index in [1.165, 1.54) is 0 Å². The molecule has 0 aliphatic carbocycles. The highest BCUT2D eigenvalue weighted by atomic mass is 16.6. The van der Waals surface area contributed by atoms with Gasteiger partial charge < -0.3 is 19.9 Å². The number of rotatable bonds is 5. The summed E-state index contributed by atoms with van der Waals surface area (Å²) in [5.41, 5.74) is 0.717. The second kappa shape index (κ2) is 7.33. The topological polar surface area (TPSA) is 91.8 Å². The molecule has 0 radical (unpaired) electrons. The molecule has 132 valence electrons. The van der Waals surface area contributed by atoms with E-state index in [2.05, 4.69) is 10.3 Å². The van der Waals surface area contributed by atoms with Crippen molar-refractivity contribution in [3.8, 4) is 0 Å². The number of anilines is 2. The highest BCUT2D eigenvalue weighted by molar-refractivity contribution is 5.76. The normalized spacial score (nSPS) is 14.6. The number of aromatic nitrogens is 1. The Morgan fingerprint density at radius 2 is 2.00 bits per heavy atom. The van der Waals surface area contributed by atoms with Crippen molar-refractivity contribution in [1.82, 2.24) is 9.88 Å². The molecule has 1 amide bonds. The van der Waals surface area contributed by atoms with E-state index in [1.807, 2.05) is 17.0 Å². The summed E-state index contributed by atoms with van der Waals surface area (Å²) in [4.78, 5) is 43.1. The number of amides is 1. The molecule has 1 aliphatic heterocycles. The molecule has 0 unspecified atom stereocenters. The molecule has 8 nitrogen and oxygen atoms in total. The lowest BCUT2D eigenvalue weighted by Crippen LogP contribution is -2.53. The fraction of sp³-hybridized carbons (Fsp3) is 0.412. The first kappa shape index (κ1) is 16.9. The van der Waals surface area contributed by atoms with E-state index in [9.17, 15) is 14.4 Å². The molecule has 8 heteroatoms. The van der Waals surface area contributed by atoms with E-state index in [0.29, 0.717) is 50.7 Å². The number of nitrogens with one attached hydrogen (secondary N) is 1. The van der Waals surface area contributed by atoms with Gasteiger partial charge in [0.15, 0.2) is 0 Å². The maximum absolute atomic E-state index is 12.0. The molecular weight excluding hydrogens is 324 g/mol. The Hall–Kier alpha value is -2.90. The molecule has 1 aliphatic rings. The Morgan fingerprint density at radius 3 is 2.64 bits per heavy atom.